The lowest BCUT2D eigenvalue weighted by Crippen LogP contribution is -2.50. The van der Waals surface area contributed by atoms with Gasteiger partial charge in [0.1, 0.15) is 17.6 Å². The molecule has 29 heavy (non-hydrogen) atoms. The first kappa shape index (κ1) is 20.5. The Hall–Kier alpha value is -3.25. The zero-order valence-corrected chi connectivity index (χ0v) is 15.7. The number of carbonyl (C=O) groups is 1. The monoisotopic (exact) mass is 422 g/mol. The molecular weight excluding hydrogens is 409 g/mol. The topological polar surface area (TPSA) is 86.5 Å². The second-order valence-corrected chi connectivity index (χ2v) is 6.60. The van der Waals surface area contributed by atoms with Crippen LogP contribution in [0.1, 0.15) is 30.0 Å². The molecule has 0 aromatic heterocycles. The Morgan fingerprint density at radius 1 is 1.31 bits per heavy atom. The number of carbonyl (C=O) groups excluding carboxylic acids is 1. The van der Waals surface area contributed by atoms with E-state index < -0.39 is 23.8 Å². The highest BCUT2D eigenvalue weighted by Gasteiger charge is 2.22. The summed E-state index contributed by atoms with van der Waals surface area (Å²) in [4.78, 5) is 15.5. The number of benzene rings is 2. The van der Waals surface area contributed by atoms with Gasteiger partial charge < -0.3 is 4.74 Å². The van der Waals surface area contributed by atoms with Crippen molar-refractivity contribution in [1.29, 1.82) is 5.26 Å². The number of nitrogens with zero attached hydrogens (tertiary/aromatic N) is 2. The van der Waals surface area contributed by atoms with Gasteiger partial charge in [-0.15, -0.1) is 0 Å². The van der Waals surface area contributed by atoms with E-state index in [0.29, 0.717) is 5.84 Å². The summed E-state index contributed by atoms with van der Waals surface area (Å²) in [5.41, 5.74) is 4.66. The molecule has 1 aliphatic heterocycles. The molecule has 3 rings (SSSR count). The number of nitrogens with one attached hydrogen (secondary N) is 2. The summed E-state index contributed by atoms with van der Waals surface area (Å²) in [6.45, 7) is 1.59. The fraction of sp³-hybridized carbons (Fsp3) is 0.211. The van der Waals surface area contributed by atoms with Gasteiger partial charge in [0.15, 0.2) is 11.6 Å². The number of ether oxygens (including phenoxy) is 1. The van der Waals surface area contributed by atoms with Crippen LogP contribution < -0.4 is 15.6 Å². The molecule has 2 aromatic rings. The zero-order chi connectivity index (χ0) is 21.1. The Kier molecular flexibility index (Phi) is 5.94. The molecule has 0 radical (unpaired) electrons. The van der Waals surface area contributed by atoms with E-state index in [-0.39, 0.29) is 40.0 Å². The third-order valence-electron chi connectivity index (χ3n) is 4.08. The van der Waals surface area contributed by atoms with Crippen molar-refractivity contribution in [3.05, 3.63) is 57.9 Å². The van der Waals surface area contributed by atoms with E-state index in [1.165, 1.54) is 18.2 Å². The molecule has 1 heterocycles. The van der Waals surface area contributed by atoms with Gasteiger partial charge in [-0.2, -0.15) is 5.26 Å². The molecular formula is C19H14ClF3N4O2. The Bertz CT molecular complexity index is 1040. The highest BCUT2D eigenvalue weighted by Crippen LogP contribution is 2.36. The molecule has 2 aromatic carbocycles. The number of halogens is 4. The number of amidine groups is 1. The fourth-order valence-electron chi connectivity index (χ4n) is 2.63. The summed E-state index contributed by atoms with van der Waals surface area (Å²) < 4.78 is 46.5. The summed E-state index contributed by atoms with van der Waals surface area (Å²) in [7, 11) is 0. The number of hydrazine groups is 1. The number of rotatable bonds is 5. The smallest absolute Gasteiger partial charge is 0.264 e. The SMILES string of the molecule is CC1N=C(Cc2ccc(Cl)c(Oc3cc(C#N)cc(C(F)F)c3)c2F)NNC1=O. The Labute approximate surface area is 168 Å². The van der Waals surface area contributed by atoms with Crippen LogP contribution in [0, 0.1) is 17.1 Å². The molecule has 1 atom stereocenters. The van der Waals surface area contributed by atoms with Crippen LogP contribution in [0.2, 0.25) is 5.02 Å². The first-order chi connectivity index (χ1) is 13.8. The molecule has 0 spiro atoms. The van der Waals surface area contributed by atoms with Crippen molar-refractivity contribution < 1.29 is 22.7 Å². The van der Waals surface area contributed by atoms with Gasteiger partial charge in [0.25, 0.3) is 12.3 Å². The normalized spacial score (nSPS) is 16.0. The number of alkyl halides is 2. The quantitative estimate of drug-likeness (QED) is 0.761. The van der Waals surface area contributed by atoms with Crippen LogP contribution >= 0.6 is 11.6 Å². The average Bonchev–Trinajstić information content (AvgIpc) is 2.69. The van der Waals surface area contributed by atoms with E-state index in [1.54, 1.807) is 13.0 Å². The van der Waals surface area contributed by atoms with Gasteiger partial charge in [0, 0.05) is 12.0 Å². The molecule has 0 saturated heterocycles. The lowest BCUT2D eigenvalue weighted by molar-refractivity contribution is -0.122. The largest absolute Gasteiger partial charge is 0.453 e. The van der Waals surface area contributed by atoms with Gasteiger partial charge in [0.2, 0.25) is 0 Å². The van der Waals surface area contributed by atoms with Crippen LogP contribution in [-0.2, 0) is 11.2 Å². The summed E-state index contributed by atoms with van der Waals surface area (Å²) in [5, 5.41) is 8.93. The molecule has 10 heteroatoms. The Morgan fingerprint density at radius 2 is 2.07 bits per heavy atom. The molecule has 2 N–H and O–H groups in total. The van der Waals surface area contributed by atoms with Gasteiger partial charge >= 0.3 is 0 Å². The molecule has 150 valence electrons. The second-order valence-electron chi connectivity index (χ2n) is 6.20. The van der Waals surface area contributed by atoms with E-state index in [1.807, 2.05) is 0 Å². The molecule has 1 aliphatic rings. The van der Waals surface area contributed by atoms with Crippen molar-refractivity contribution >= 4 is 23.3 Å². The molecule has 0 aliphatic carbocycles. The van der Waals surface area contributed by atoms with Crippen LogP contribution in [0.15, 0.2) is 35.3 Å². The van der Waals surface area contributed by atoms with E-state index in [0.717, 1.165) is 12.1 Å². The minimum atomic E-state index is -2.83. The number of amides is 1. The lowest BCUT2D eigenvalue weighted by atomic mass is 10.1. The third kappa shape index (κ3) is 4.60. The van der Waals surface area contributed by atoms with E-state index in [9.17, 15) is 18.0 Å². The lowest BCUT2D eigenvalue weighted by Gasteiger charge is -2.20. The maximum Gasteiger partial charge on any atom is 0.264 e. The number of hydrogen-bond acceptors (Lipinski definition) is 5. The van der Waals surface area contributed by atoms with Crippen molar-refractivity contribution in [1.82, 2.24) is 10.9 Å². The molecule has 0 fully saturated rings. The summed E-state index contributed by atoms with van der Waals surface area (Å²) in [5.74, 6) is -1.32. The predicted octanol–water partition coefficient (Wildman–Crippen LogP) is 4.04. The second kappa shape index (κ2) is 8.41. The van der Waals surface area contributed by atoms with Crippen molar-refractivity contribution in [2.75, 3.05) is 0 Å². The standard InChI is InChI=1S/C19H14ClF3N4O2/c1-9-19(28)27-26-15(25-9)7-11-2-3-14(20)17(16(11)21)29-13-5-10(8-24)4-12(6-13)18(22)23/h2-6,9,18H,7H2,1H3,(H,25,26)(H,27,28). The summed E-state index contributed by atoms with van der Waals surface area (Å²) in [6.07, 6.45) is -2.82. The van der Waals surface area contributed by atoms with E-state index in [2.05, 4.69) is 15.8 Å². The van der Waals surface area contributed by atoms with Crippen LogP contribution in [0.3, 0.4) is 0 Å². The Balaban J connectivity index is 1.92. The zero-order valence-electron chi connectivity index (χ0n) is 15.0. The first-order valence-electron chi connectivity index (χ1n) is 8.39. The first-order valence-corrected chi connectivity index (χ1v) is 8.76. The number of nitriles is 1. The molecule has 1 unspecified atom stereocenters. The third-order valence-corrected chi connectivity index (χ3v) is 4.37. The Morgan fingerprint density at radius 3 is 2.72 bits per heavy atom. The average molecular weight is 423 g/mol. The van der Waals surface area contributed by atoms with Crippen molar-refractivity contribution in [3.63, 3.8) is 0 Å². The van der Waals surface area contributed by atoms with Crippen LogP contribution in [0.25, 0.3) is 0 Å². The maximum atomic E-state index is 15.0. The minimum absolute atomic E-state index is 0.00447. The molecule has 0 bridgehead atoms. The molecule has 6 nitrogen and oxygen atoms in total. The summed E-state index contributed by atoms with van der Waals surface area (Å²) >= 11 is 6.03. The molecule has 1 amide bonds. The van der Waals surface area contributed by atoms with Gasteiger partial charge in [-0.05, 0) is 36.8 Å². The maximum absolute atomic E-state index is 15.0. The highest BCUT2D eigenvalue weighted by molar-refractivity contribution is 6.32. The van der Waals surface area contributed by atoms with Crippen molar-refractivity contribution in [2.24, 2.45) is 4.99 Å². The van der Waals surface area contributed by atoms with Gasteiger partial charge in [-0.3, -0.25) is 20.6 Å². The minimum Gasteiger partial charge on any atom is -0.453 e. The van der Waals surface area contributed by atoms with Gasteiger partial charge in [-0.1, -0.05) is 17.7 Å². The number of aliphatic imine (C=N–C) groups is 1. The fourth-order valence-corrected chi connectivity index (χ4v) is 2.81. The highest BCUT2D eigenvalue weighted by atomic mass is 35.5. The van der Waals surface area contributed by atoms with E-state index in [4.69, 9.17) is 21.6 Å². The van der Waals surface area contributed by atoms with Crippen LogP contribution in [-0.4, -0.2) is 17.8 Å². The van der Waals surface area contributed by atoms with Crippen LogP contribution in [0.5, 0.6) is 11.5 Å². The van der Waals surface area contributed by atoms with Gasteiger partial charge in [-0.25, -0.2) is 13.2 Å². The van der Waals surface area contributed by atoms with Gasteiger partial charge in [0.05, 0.1) is 16.7 Å². The number of hydrogen-bond donors (Lipinski definition) is 2. The van der Waals surface area contributed by atoms with Crippen molar-refractivity contribution in [2.45, 2.75) is 25.8 Å². The van der Waals surface area contributed by atoms with E-state index >= 15 is 0 Å². The molecule has 0 saturated carbocycles. The van der Waals surface area contributed by atoms with Crippen molar-refractivity contribution in [3.8, 4) is 17.6 Å². The van der Waals surface area contributed by atoms with Crippen LogP contribution in [0.4, 0.5) is 13.2 Å². The predicted molar refractivity (Wildman–Crippen MR) is 99.5 cm³/mol. The summed E-state index contributed by atoms with van der Waals surface area (Å²) in [6, 6.07) is 7.18.